The van der Waals surface area contributed by atoms with Gasteiger partial charge in [0.05, 0.1) is 0 Å². The zero-order valence-corrected chi connectivity index (χ0v) is 9.70. The second-order valence-corrected chi connectivity index (χ2v) is 4.49. The second kappa shape index (κ2) is 4.82. The zero-order chi connectivity index (χ0) is 12.4. The van der Waals surface area contributed by atoms with Crippen molar-refractivity contribution in [2.45, 2.75) is 38.8 Å². The molecular weight excluding hydrogens is 224 g/mol. The number of hydrogen-bond acceptors (Lipinski definition) is 1. The average Bonchev–Trinajstić information content (AvgIpc) is 3.09. The molecule has 17 heavy (non-hydrogen) atoms. The third-order valence-electron chi connectivity index (χ3n) is 2.89. The van der Waals surface area contributed by atoms with Crippen molar-refractivity contribution in [2.75, 3.05) is 0 Å². The van der Waals surface area contributed by atoms with Crippen LogP contribution >= 0.6 is 0 Å². The van der Waals surface area contributed by atoms with Crippen LogP contribution in [0.25, 0.3) is 0 Å². The van der Waals surface area contributed by atoms with E-state index in [1.54, 1.807) is 0 Å². The zero-order valence-electron chi connectivity index (χ0n) is 9.70. The minimum Gasteiger partial charge on any atom is -0.330 e. The first-order valence-electron chi connectivity index (χ1n) is 5.72. The molecule has 0 atom stereocenters. The minimum atomic E-state index is -2.90. The van der Waals surface area contributed by atoms with E-state index < -0.39 is 12.3 Å². The van der Waals surface area contributed by atoms with Crippen molar-refractivity contribution in [3.63, 3.8) is 0 Å². The van der Waals surface area contributed by atoms with Gasteiger partial charge in [-0.15, -0.1) is 0 Å². The van der Waals surface area contributed by atoms with Gasteiger partial charge in [0.15, 0.2) is 0 Å². The second-order valence-electron chi connectivity index (χ2n) is 4.49. The highest BCUT2D eigenvalue weighted by Crippen LogP contribution is 2.29. The first-order valence-corrected chi connectivity index (χ1v) is 5.72. The van der Waals surface area contributed by atoms with Crippen LogP contribution in [0.3, 0.4) is 0 Å². The highest BCUT2D eigenvalue weighted by atomic mass is 19.3. The molecule has 1 aromatic rings. The van der Waals surface area contributed by atoms with Gasteiger partial charge in [-0.2, -0.15) is 8.78 Å². The Bertz CT molecular complexity index is 416. The summed E-state index contributed by atoms with van der Waals surface area (Å²) in [6, 6.07) is 7.62. The van der Waals surface area contributed by atoms with Gasteiger partial charge in [-0.1, -0.05) is 29.8 Å². The molecule has 1 saturated carbocycles. The molecule has 0 bridgehead atoms. The summed E-state index contributed by atoms with van der Waals surface area (Å²) in [4.78, 5) is 12.7. The molecule has 0 unspecified atom stereocenters. The lowest BCUT2D eigenvalue weighted by atomic mass is 10.1. The van der Waals surface area contributed by atoms with Crippen LogP contribution < -0.4 is 0 Å². The van der Waals surface area contributed by atoms with Crippen molar-refractivity contribution in [1.29, 1.82) is 0 Å². The van der Waals surface area contributed by atoms with E-state index in [4.69, 9.17) is 0 Å². The number of amides is 1. The lowest BCUT2D eigenvalue weighted by Crippen LogP contribution is -2.36. The molecule has 1 aliphatic carbocycles. The highest BCUT2D eigenvalue weighted by Gasteiger charge is 2.35. The summed E-state index contributed by atoms with van der Waals surface area (Å²) in [5, 5.41) is 0. The molecule has 0 saturated heterocycles. The summed E-state index contributed by atoms with van der Waals surface area (Å²) in [6.45, 7) is 2.23. The monoisotopic (exact) mass is 239 g/mol. The molecular formula is C13H15F2NO. The summed E-state index contributed by atoms with van der Waals surface area (Å²) in [5.41, 5.74) is 1.98. The van der Waals surface area contributed by atoms with E-state index in [1.807, 2.05) is 31.2 Å². The van der Waals surface area contributed by atoms with Gasteiger partial charge >= 0.3 is 6.43 Å². The van der Waals surface area contributed by atoms with E-state index in [0.29, 0.717) is 0 Å². The van der Waals surface area contributed by atoms with E-state index in [-0.39, 0.29) is 12.6 Å². The number of alkyl halides is 2. The van der Waals surface area contributed by atoms with Crippen molar-refractivity contribution < 1.29 is 13.6 Å². The van der Waals surface area contributed by atoms with E-state index in [2.05, 4.69) is 0 Å². The smallest absolute Gasteiger partial charge is 0.315 e. The normalized spacial score (nSPS) is 15.1. The van der Waals surface area contributed by atoms with Crippen LogP contribution in [-0.4, -0.2) is 23.3 Å². The van der Waals surface area contributed by atoms with Gasteiger partial charge in [0.25, 0.3) is 5.91 Å². The number of rotatable bonds is 4. The number of benzene rings is 1. The van der Waals surface area contributed by atoms with Gasteiger partial charge in [0.2, 0.25) is 0 Å². The molecule has 2 nitrogen and oxygen atoms in total. The molecule has 0 N–H and O–H groups in total. The fourth-order valence-electron chi connectivity index (χ4n) is 1.91. The Morgan fingerprint density at radius 1 is 1.47 bits per heavy atom. The fraction of sp³-hybridized carbons (Fsp3) is 0.462. The average molecular weight is 239 g/mol. The Morgan fingerprint density at radius 3 is 2.71 bits per heavy atom. The number of hydrogen-bond donors (Lipinski definition) is 0. The Labute approximate surface area is 99.2 Å². The van der Waals surface area contributed by atoms with Crippen molar-refractivity contribution in [3.05, 3.63) is 35.4 Å². The van der Waals surface area contributed by atoms with Crippen LogP contribution in [0, 0.1) is 6.92 Å². The van der Waals surface area contributed by atoms with Gasteiger partial charge in [-0.25, -0.2) is 0 Å². The Hall–Kier alpha value is -1.45. The lowest BCUT2D eigenvalue weighted by Gasteiger charge is -2.22. The third-order valence-corrected chi connectivity index (χ3v) is 2.89. The molecule has 0 aliphatic heterocycles. The maximum Gasteiger partial charge on any atom is 0.315 e. The summed E-state index contributed by atoms with van der Waals surface area (Å²) < 4.78 is 24.9. The van der Waals surface area contributed by atoms with E-state index in [0.717, 1.165) is 24.0 Å². The van der Waals surface area contributed by atoms with Gasteiger partial charge in [-0.05, 0) is 25.3 Å². The number of carbonyl (C=O) groups excluding carboxylic acids is 1. The van der Waals surface area contributed by atoms with Crippen molar-refractivity contribution >= 4 is 5.91 Å². The Balaban J connectivity index is 2.10. The molecule has 0 heterocycles. The van der Waals surface area contributed by atoms with Crippen molar-refractivity contribution in [3.8, 4) is 0 Å². The van der Waals surface area contributed by atoms with Crippen LogP contribution in [0.5, 0.6) is 0 Å². The summed E-state index contributed by atoms with van der Waals surface area (Å²) >= 11 is 0. The molecule has 0 radical (unpaired) electrons. The summed E-state index contributed by atoms with van der Waals surface area (Å²) in [5.74, 6) is -1.05. The van der Waals surface area contributed by atoms with Gasteiger partial charge < -0.3 is 4.90 Å². The van der Waals surface area contributed by atoms with E-state index in [1.165, 1.54) is 4.90 Å². The van der Waals surface area contributed by atoms with Crippen LogP contribution in [-0.2, 0) is 11.3 Å². The molecule has 1 aliphatic rings. The molecule has 0 aromatic heterocycles. The topological polar surface area (TPSA) is 20.3 Å². The molecule has 0 spiro atoms. The fourth-order valence-corrected chi connectivity index (χ4v) is 1.91. The summed E-state index contributed by atoms with van der Waals surface area (Å²) in [6.07, 6.45) is -1.23. The van der Waals surface area contributed by atoms with Crippen LogP contribution in [0.4, 0.5) is 8.78 Å². The van der Waals surface area contributed by atoms with Crippen molar-refractivity contribution in [1.82, 2.24) is 4.90 Å². The van der Waals surface area contributed by atoms with Crippen molar-refractivity contribution in [2.24, 2.45) is 0 Å². The Morgan fingerprint density at radius 2 is 2.18 bits per heavy atom. The maximum atomic E-state index is 12.5. The minimum absolute atomic E-state index is 0.0111. The molecule has 1 amide bonds. The van der Waals surface area contributed by atoms with Gasteiger partial charge in [0.1, 0.15) is 0 Å². The highest BCUT2D eigenvalue weighted by molar-refractivity contribution is 5.80. The standard InChI is InChI=1S/C13H15F2NO/c1-9-3-2-4-10(7-9)8-16(11-5-6-11)13(17)12(14)15/h2-4,7,11-12H,5-6,8H2,1H3. The van der Waals surface area contributed by atoms with Crippen LogP contribution in [0.1, 0.15) is 24.0 Å². The predicted molar refractivity (Wildman–Crippen MR) is 60.8 cm³/mol. The largest absolute Gasteiger partial charge is 0.330 e. The van der Waals surface area contributed by atoms with E-state index >= 15 is 0 Å². The lowest BCUT2D eigenvalue weighted by molar-refractivity contribution is -0.144. The number of halogens is 2. The van der Waals surface area contributed by atoms with E-state index in [9.17, 15) is 13.6 Å². The van der Waals surface area contributed by atoms with Gasteiger partial charge in [0, 0.05) is 12.6 Å². The molecule has 1 aromatic carbocycles. The SMILES string of the molecule is Cc1cccc(CN(C(=O)C(F)F)C2CC2)c1. The number of nitrogens with zero attached hydrogens (tertiary/aromatic N) is 1. The first kappa shape index (κ1) is 12.0. The molecule has 1 fully saturated rings. The third kappa shape index (κ3) is 3.02. The number of aryl methyl sites for hydroxylation is 1. The van der Waals surface area contributed by atoms with Crippen LogP contribution in [0.2, 0.25) is 0 Å². The predicted octanol–water partition coefficient (Wildman–Crippen LogP) is 2.75. The Kier molecular flexibility index (Phi) is 3.41. The quantitative estimate of drug-likeness (QED) is 0.791. The molecule has 4 heteroatoms. The molecule has 92 valence electrons. The van der Waals surface area contributed by atoms with Crippen LogP contribution in [0.15, 0.2) is 24.3 Å². The first-order chi connectivity index (χ1) is 8.08. The summed E-state index contributed by atoms with van der Waals surface area (Å²) in [7, 11) is 0. The number of carbonyl (C=O) groups is 1. The maximum absolute atomic E-state index is 12.5. The molecule has 2 rings (SSSR count). The van der Waals surface area contributed by atoms with Gasteiger partial charge in [-0.3, -0.25) is 4.79 Å².